The van der Waals surface area contributed by atoms with E-state index >= 15 is 0 Å². The molecule has 1 aromatic heterocycles. The van der Waals surface area contributed by atoms with E-state index in [1.807, 2.05) is 67.6 Å². The van der Waals surface area contributed by atoms with Crippen LogP contribution < -0.4 is 5.63 Å². The molecule has 2 aromatic carbocycles. The summed E-state index contributed by atoms with van der Waals surface area (Å²) in [5.41, 5.74) is 2.07. The Hall–Kier alpha value is -2.81. The zero-order valence-corrected chi connectivity index (χ0v) is 14.3. The molecule has 3 heteroatoms. The molecule has 0 aliphatic rings. The van der Waals surface area contributed by atoms with Gasteiger partial charge >= 0.3 is 5.63 Å². The molecule has 1 heterocycles. The lowest BCUT2D eigenvalue weighted by Gasteiger charge is -2.16. The lowest BCUT2D eigenvalue weighted by molar-refractivity contribution is 0.406. The van der Waals surface area contributed by atoms with Crippen LogP contribution in [0.4, 0.5) is 0 Å². The lowest BCUT2D eigenvalue weighted by Crippen LogP contribution is -2.15. The predicted molar refractivity (Wildman–Crippen MR) is 99.1 cm³/mol. The van der Waals surface area contributed by atoms with Crippen molar-refractivity contribution in [3.8, 4) is 5.75 Å². The highest BCUT2D eigenvalue weighted by molar-refractivity contribution is 5.39. The van der Waals surface area contributed by atoms with E-state index in [2.05, 4.69) is 0 Å². The predicted octanol–water partition coefficient (Wildman–Crippen LogP) is 4.67. The van der Waals surface area contributed by atoms with Crippen LogP contribution in [0.15, 0.2) is 75.9 Å². The highest BCUT2D eigenvalue weighted by Gasteiger charge is 2.21. The molecule has 25 heavy (non-hydrogen) atoms. The molecule has 0 spiro atoms. The van der Waals surface area contributed by atoms with E-state index in [9.17, 15) is 9.90 Å². The van der Waals surface area contributed by atoms with Crippen LogP contribution in [0, 0.1) is 0 Å². The molecule has 0 aliphatic heterocycles. The molecule has 0 radical (unpaired) electrons. The summed E-state index contributed by atoms with van der Waals surface area (Å²) in [6.07, 6.45) is 2.05. The van der Waals surface area contributed by atoms with Gasteiger partial charge in [-0.05, 0) is 24.0 Å². The van der Waals surface area contributed by atoms with Crippen molar-refractivity contribution in [1.29, 1.82) is 0 Å². The van der Waals surface area contributed by atoms with Crippen molar-refractivity contribution in [3.05, 3.63) is 99.6 Å². The minimum Gasteiger partial charge on any atom is -0.507 e. The quantitative estimate of drug-likeness (QED) is 0.712. The average molecular weight is 334 g/mol. The number of aryl methyl sites for hydroxylation is 2. The molecular weight excluding hydrogens is 312 g/mol. The zero-order chi connectivity index (χ0) is 17.6. The standard InChI is InChI=1S/C22H22O3/c1-2-19(17-11-7-4-8-12-17)21-20(23)15-18(25-22(21)24)14-13-16-9-5-3-6-10-16/h3-12,15,19,23H,2,13-14H2,1H3/t19-/m0/s1. The maximum absolute atomic E-state index is 12.5. The van der Waals surface area contributed by atoms with E-state index in [0.717, 1.165) is 12.0 Å². The van der Waals surface area contributed by atoms with Crippen LogP contribution in [0.5, 0.6) is 5.75 Å². The van der Waals surface area contributed by atoms with Crippen molar-refractivity contribution in [2.45, 2.75) is 32.1 Å². The Kier molecular flexibility index (Phi) is 5.34. The Morgan fingerprint density at radius 3 is 2.20 bits per heavy atom. The summed E-state index contributed by atoms with van der Waals surface area (Å²) >= 11 is 0. The van der Waals surface area contributed by atoms with Crippen LogP contribution in [0.2, 0.25) is 0 Å². The first kappa shape index (κ1) is 17.0. The van der Waals surface area contributed by atoms with Gasteiger partial charge in [0, 0.05) is 18.4 Å². The van der Waals surface area contributed by atoms with Crippen molar-refractivity contribution in [2.75, 3.05) is 0 Å². The Morgan fingerprint density at radius 2 is 1.60 bits per heavy atom. The third kappa shape index (κ3) is 4.00. The Balaban J connectivity index is 1.86. The van der Waals surface area contributed by atoms with Crippen LogP contribution in [-0.4, -0.2) is 5.11 Å². The van der Waals surface area contributed by atoms with E-state index < -0.39 is 5.63 Å². The maximum Gasteiger partial charge on any atom is 0.343 e. The summed E-state index contributed by atoms with van der Waals surface area (Å²) in [6, 6.07) is 21.3. The van der Waals surface area contributed by atoms with E-state index in [0.29, 0.717) is 24.2 Å². The van der Waals surface area contributed by atoms with Crippen molar-refractivity contribution >= 4 is 0 Å². The van der Waals surface area contributed by atoms with Gasteiger partial charge in [0.05, 0.1) is 5.56 Å². The second kappa shape index (κ2) is 7.84. The summed E-state index contributed by atoms with van der Waals surface area (Å²) < 4.78 is 5.50. The number of hydrogen-bond donors (Lipinski definition) is 1. The van der Waals surface area contributed by atoms with Crippen LogP contribution >= 0.6 is 0 Å². The monoisotopic (exact) mass is 334 g/mol. The van der Waals surface area contributed by atoms with Crippen LogP contribution in [0.3, 0.4) is 0 Å². The first-order valence-corrected chi connectivity index (χ1v) is 8.63. The summed E-state index contributed by atoms with van der Waals surface area (Å²) in [7, 11) is 0. The van der Waals surface area contributed by atoms with Gasteiger partial charge in [0.25, 0.3) is 0 Å². The van der Waals surface area contributed by atoms with Gasteiger partial charge in [-0.25, -0.2) is 4.79 Å². The molecule has 3 aromatic rings. The van der Waals surface area contributed by atoms with Gasteiger partial charge in [-0.3, -0.25) is 0 Å². The van der Waals surface area contributed by atoms with E-state index in [-0.39, 0.29) is 11.7 Å². The van der Waals surface area contributed by atoms with E-state index in [4.69, 9.17) is 4.42 Å². The first-order valence-electron chi connectivity index (χ1n) is 8.63. The van der Waals surface area contributed by atoms with Crippen LogP contribution in [0.25, 0.3) is 0 Å². The van der Waals surface area contributed by atoms with Gasteiger partial charge in [0.2, 0.25) is 0 Å². The second-order valence-corrected chi connectivity index (χ2v) is 6.16. The maximum atomic E-state index is 12.5. The molecule has 128 valence electrons. The van der Waals surface area contributed by atoms with Gasteiger partial charge < -0.3 is 9.52 Å². The molecule has 0 saturated carbocycles. The molecule has 1 atom stereocenters. The lowest BCUT2D eigenvalue weighted by atomic mass is 9.89. The molecular formula is C22H22O3. The third-order valence-electron chi connectivity index (χ3n) is 4.48. The van der Waals surface area contributed by atoms with Crippen molar-refractivity contribution in [1.82, 2.24) is 0 Å². The summed E-state index contributed by atoms with van der Waals surface area (Å²) in [6.45, 7) is 2.00. The summed E-state index contributed by atoms with van der Waals surface area (Å²) in [5.74, 6) is 0.369. The summed E-state index contributed by atoms with van der Waals surface area (Å²) in [4.78, 5) is 12.5. The average Bonchev–Trinajstić information content (AvgIpc) is 2.64. The largest absolute Gasteiger partial charge is 0.507 e. The molecule has 0 saturated heterocycles. The van der Waals surface area contributed by atoms with Gasteiger partial charge in [-0.15, -0.1) is 0 Å². The number of hydrogen-bond acceptors (Lipinski definition) is 3. The van der Waals surface area contributed by atoms with Crippen molar-refractivity contribution in [2.24, 2.45) is 0 Å². The van der Waals surface area contributed by atoms with Crippen LogP contribution in [0.1, 0.15) is 41.7 Å². The second-order valence-electron chi connectivity index (χ2n) is 6.16. The fourth-order valence-electron chi connectivity index (χ4n) is 3.19. The highest BCUT2D eigenvalue weighted by Crippen LogP contribution is 2.31. The van der Waals surface area contributed by atoms with Crippen molar-refractivity contribution in [3.63, 3.8) is 0 Å². The Morgan fingerprint density at radius 1 is 0.960 bits per heavy atom. The molecule has 0 bridgehead atoms. The smallest absolute Gasteiger partial charge is 0.343 e. The zero-order valence-electron chi connectivity index (χ0n) is 14.3. The van der Waals surface area contributed by atoms with Gasteiger partial charge in [-0.1, -0.05) is 67.6 Å². The Bertz CT molecular complexity index is 867. The van der Waals surface area contributed by atoms with E-state index in [1.54, 1.807) is 6.07 Å². The molecule has 0 aliphatic carbocycles. The van der Waals surface area contributed by atoms with Gasteiger partial charge in [-0.2, -0.15) is 0 Å². The minimum absolute atomic E-state index is 0.0232. The molecule has 0 amide bonds. The fourth-order valence-corrected chi connectivity index (χ4v) is 3.19. The minimum atomic E-state index is -0.446. The first-order chi connectivity index (χ1) is 12.2. The SMILES string of the molecule is CC[C@@H](c1ccccc1)c1c(O)cc(CCc2ccccc2)oc1=O. The molecule has 0 unspecified atom stereocenters. The third-order valence-corrected chi connectivity index (χ3v) is 4.48. The molecule has 3 nitrogen and oxygen atoms in total. The fraction of sp³-hybridized carbons (Fsp3) is 0.227. The van der Waals surface area contributed by atoms with Crippen molar-refractivity contribution < 1.29 is 9.52 Å². The topological polar surface area (TPSA) is 50.4 Å². The van der Waals surface area contributed by atoms with Gasteiger partial charge in [0.15, 0.2) is 0 Å². The number of benzene rings is 2. The summed E-state index contributed by atoms with van der Waals surface area (Å²) in [5, 5.41) is 10.5. The number of rotatable bonds is 6. The molecule has 0 fully saturated rings. The van der Waals surface area contributed by atoms with Gasteiger partial charge in [0.1, 0.15) is 11.5 Å². The normalized spacial score (nSPS) is 12.0. The highest BCUT2D eigenvalue weighted by atomic mass is 16.4. The number of aromatic hydroxyl groups is 1. The molecule has 1 N–H and O–H groups in total. The van der Waals surface area contributed by atoms with Crippen LogP contribution in [-0.2, 0) is 12.8 Å². The van der Waals surface area contributed by atoms with E-state index in [1.165, 1.54) is 5.56 Å². The molecule has 3 rings (SSSR count). The Labute approximate surface area is 147 Å².